The van der Waals surface area contributed by atoms with Crippen LogP contribution in [0.3, 0.4) is 0 Å². The summed E-state index contributed by atoms with van der Waals surface area (Å²) in [7, 11) is -3.56. The summed E-state index contributed by atoms with van der Waals surface area (Å²) < 4.78 is 28.5. The number of carbonyl (C=O) groups is 1. The molecule has 1 aromatic carbocycles. The third kappa shape index (κ3) is 6.30. The number of benzene rings is 1. The summed E-state index contributed by atoms with van der Waals surface area (Å²) in [6.45, 7) is 5.77. The number of rotatable bonds is 10. The highest BCUT2D eigenvalue weighted by Gasteiger charge is 2.41. The topological polar surface area (TPSA) is 61.8 Å². The Balaban J connectivity index is 2.93. The van der Waals surface area contributed by atoms with Gasteiger partial charge in [-0.25, -0.2) is 0 Å². The quantitative estimate of drug-likeness (QED) is 0.470. The highest BCUT2D eigenvalue weighted by molar-refractivity contribution is 7.55. The fourth-order valence-electron chi connectivity index (χ4n) is 2.07. The third-order valence-corrected chi connectivity index (χ3v) is 5.45. The van der Waals surface area contributed by atoms with Gasteiger partial charge in [0.1, 0.15) is 0 Å². The molecular formula is C17H25O5P. The van der Waals surface area contributed by atoms with Crippen molar-refractivity contribution in [2.45, 2.75) is 32.9 Å². The van der Waals surface area contributed by atoms with Crippen LogP contribution in [0.25, 0.3) is 6.08 Å². The van der Waals surface area contributed by atoms with Gasteiger partial charge in [0, 0.05) is 0 Å². The lowest BCUT2D eigenvalue weighted by Crippen LogP contribution is -2.25. The lowest BCUT2D eigenvalue weighted by molar-refractivity contribution is -0.143. The molecule has 0 heterocycles. The maximum absolute atomic E-state index is 12.9. The molecule has 0 radical (unpaired) electrons. The van der Waals surface area contributed by atoms with E-state index in [-0.39, 0.29) is 26.2 Å². The second-order valence-electron chi connectivity index (χ2n) is 4.69. The highest BCUT2D eigenvalue weighted by Crippen LogP contribution is 2.54. The Labute approximate surface area is 138 Å². The van der Waals surface area contributed by atoms with Crippen LogP contribution in [0, 0.1) is 0 Å². The van der Waals surface area contributed by atoms with Crippen molar-refractivity contribution in [3.05, 3.63) is 42.0 Å². The molecule has 0 bridgehead atoms. The van der Waals surface area contributed by atoms with E-state index in [2.05, 4.69) is 0 Å². The Kier molecular flexibility index (Phi) is 8.85. The fraction of sp³-hybridized carbons (Fsp3) is 0.471. The maximum Gasteiger partial charge on any atom is 0.345 e. The van der Waals surface area contributed by atoms with Crippen molar-refractivity contribution in [2.75, 3.05) is 19.8 Å². The number of ether oxygens (including phenoxy) is 1. The smallest absolute Gasteiger partial charge is 0.345 e. The molecule has 128 valence electrons. The Morgan fingerprint density at radius 2 is 1.70 bits per heavy atom. The molecule has 0 saturated heterocycles. The summed E-state index contributed by atoms with van der Waals surface area (Å²) in [5.74, 6) is -0.560. The molecule has 0 N–H and O–H groups in total. The van der Waals surface area contributed by atoms with Gasteiger partial charge in [-0.15, -0.1) is 0 Å². The van der Waals surface area contributed by atoms with Crippen molar-refractivity contribution in [1.82, 2.24) is 0 Å². The fourth-order valence-corrected chi connectivity index (χ4v) is 3.93. The molecule has 1 aromatic rings. The van der Waals surface area contributed by atoms with Crippen molar-refractivity contribution in [1.29, 1.82) is 0 Å². The molecule has 0 aliphatic rings. The van der Waals surface area contributed by atoms with E-state index < -0.39 is 19.2 Å². The minimum absolute atomic E-state index is 0.204. The summed E-state index contributed by atoms with van der Waals surface area (Å²) in [4.78, 5) is 12.2. The first kappa shape index (κ1) is 19.6. The van der Waals surface area contributed by atoms with Crippen LogP contribution in [0.5, 0.6) is 0 Å². The van der Waals surface area contributed by atoms with Crippen LogP contribution in [0.4, 0.5) is 0 Å². The number of esters is 1. The number of carbonyl (C=O) groups excluding carboxylic acids is 1. The van der Waals surface area contributed by atoms with E-state index in [0.717, 1.165) is 5.56 Å². The predicted molar refractivity (Wildman–Crippen MR) is 91.4 cm³/mol. The minimum atomic E-state index is -3.56. The summed E-state index contributed by atoms with van der Waals surface area (Å²) in [5, 5.41) is 0. The summed E-state index contributed by atoms with van der Waals surface area (Å²) >= 11 is 0. The van der Waals surface area contributed by atoms with Gasteiger partial charge in [0.15, 0.2) is 5.66 Å². The molecule has 0 aliphatic heterocycles. The third-order valence-electron chi connectivity index (χ3n) is 3.03. The Morgan fingerprint density at radius 3 is 2.22 bits per heavy atom. The molecule has 0 amide bonds. The van der Waals surface area contributed by atoms with Gasteiger partial charge in [-0.05, 0) is 32.8 Å². The van der Waals surface area contributed by atoms with Gasteiger partial charge in [0.25, 0.3) is 0 Å². The van der Waals surface area contributed by atoms with E-state index in [1.807, 2.05) is 36.4 Å². The zero-order valence-corrected chi connectivity index (χ0v) is 14.8. The van der Waals surface area contributed by atoms with Gasteiger partial charge < -0.3 is 13.8 Å². The first-order chi connectivity index (χ1) is 11.1. The zero-order chi connectivity index (χ0) is 17.1. The van der Waals surface area contributed by atoms with Gasteiger partial charge in [0.05, 0.1) is 19.8 Å². The lowest BCUT2D eigenvalue weighted by atomic mass is 10.2. The van der Waals surface area contributed by atoms with E-state index in [4.69, 9.17) is 13.8 Å². The highest BCUT2D eigenvalue weighted by atomic mass is 31.2. The minimum Gasteiger partial charge on any atom is -0.465 e. The normalized spacial score (nSPS) is 13.2. The molecule has 0 aromatic heterocycles. The number of hydrogen-bond acceptors (Lipinski definition) is 5. The summed E-state index contributed by atoms with van der Waals surface area (Å²) in [6, 6.07) is 9.67. The van der Waals surface area contributed by atoms with E-state index in [1.54, 1.807) is 26.8 Å². The van der Waals surface area contributed by atoms with Crippen molar-refractivity contribution in [3.8, 4) is 0 Å². The van der Waals surface area contributed by atoms with E-state index in [1.165, 1.54) is 0 Å². The van der Waals surface area contributed by atoms with Crippen molar-refractivity contribution in [3.63, 3.8) is 0 Å². The van der Waals surface area contributed by atoms with Crippen molar-refractivity contribution < 1.29 is 23.1 Å². The van der Waals surface area contributed by atoms with Crippen LogP contribution >= 0.6 is 7.60 Å². The maximum atomic E-state index is 12.9. The Bertz CT molecular complexity index is 531. The van der Waals surface area contributed by atoms with Gasteiger partial charge >= 0.3 is 13.6 Å². The monoisotopic (exact) mass is 340 g/mol. The number of hydrogen-bond donors (Lipinski definition) is 0. The predicted octanol–water partition coefficient (Wildman–Crippen LogP) is 4.29. The summed E-state index contributed by atoms with van der Waals surface area (Å²) in [5.41, 5.74) is 0.0417. The van der Waals surface area contributed by atoms with Crippen molar-refractivity contribution in [2.24, 2.45) is 0 Å². The second-order valence-corrected chi connectivity index (χ2v) is 6.91. The SMILES string of the molecule is CCOC(=O)[C@H](C/C=C/c1ccccc1)P(=O)(OCC)OCC. The van der Waals surface area contributed by atoms with Crippen LogP contribution in [0.15, 0.2) is 36.4 Å². The molecule has 0 unspecified atom stereocenters. The van der Waals surface area contributed by atoms with Crippen LogP contribution in [-0.4, -0.2) is 31.4 Å². The van der Waals surface area contributed by atoms with Gasteiger partial charge in [-0.1, -0.05) is 42.5 Å². The van der Waals surface area contributed by atoms with Crippen LogP contribution in [0.2, 0.25) is 0 Å². The molecule has 6 heteroatoms. The molecule has 1 rings (SSSR count). The van der Waals surface area contributed by atoms with Gasteiger partial charge in [0.2, 0.25) is 0 Å². The molecule has 0 spiro atoms. The molecule has 0 saturated carbocycles. The average Bonchev–Trinajstić information content (AvgIpc) is 2.53. The van der Waals surface area contributed by atoms with Crippen molar-refractivity contribution >= 4 is 19.6 Å². The Morgan fingerprint density at radius 1 is 1.09 bits per heavy atom. The van der Waals surface area contributed by atoms with Crippen LogP contribution in [-0.2, 0) is 23.1 Å². The van der Waals surface area contributed by atoms with Crippen LogP contribution in [0.1, 0.15) is 32.8 Å². The molecule has 1 atom stereocenters. The largest absolute Gasteiger partial charge is 0.465 e. The first-order valence-corrected chi connectivity index (χ1v) is 9.45. The van der Waals surface area contributed by atoms with Gasteiger partial charge in [-0.3, -0.25) is 9.36 Å². The molecule has 0 fully saturated rings. The first-order valence-electron chi connectivity index (χ1n) is 7.84. The average molecular weight is 340 g/mol. The van der Waals surface area contributed by atoms with E-state index in [9.17, 15) is 9.36 Å². The lowest BCUT2D eigenvalue weighted by Gasteiger charge is -2.23. The molecule has 5 nitrogen and oxygen atoms in total. The summed E-state index contributed by atoms with van der Waals surface area (Å²) in [6.07, 6.45) is 3.89. The zero-order valence-electron chi connectivity index (χ0n) is 13.9. The standard InChI is InChI=1S/C17H25O5P/c1-4-20-17(18)16(23(19,21-5-2)22-6-3)14-10-13-15-11-8-7-9-12-15/h7-13,16H,4-6,14H2,1-3H3/b13-10+/t16-/m0/s1. The number of allylic oxidation sites excluding steroid dienone is 1. The van der Waals surface area contributed by atoms with Gasteiger partial charge in [-0.2, -0.15) is 0 Å². The van der Waals surface area contributed by atoms with Crippen LogP contribution < -0.4 is 0 Å². The van der Waals surface area contributed by atoms with E-state index in [0.29, 0.717) is 0 Å². The molecule has 0 aliphatic carbocycles. The molecule has 23 heavy (non-hydrogen) atoms. The molecular weight excluding hydrogens is 315 g/mol. The Hall–Kier alpha value is -1.42. The van der Waals surface area contributed by atoms with E-state index >= 15 is 0 Å². The second kappa shape index (κ2) is 10.4.